The van der Waals surface area contributed by atoms with Crippen LogP contribution in [0.3, 0.4) is 0 Å². The zero-order valence-electron chi connectivity index (χ0n) is 22.0. The van der Waals surface area contributed by atoms with E-state index < -0.39 is 37.8 Å². The number of sulfonamides is 2. The number of ketones is 1. The average Bonchev–Trinajstić information content (AvgIpc) is 2.95. The molecule has 4 aromatic rings. The van der Waals surface area contributed by atoms with Crippen LogP contribution >= 0.6 is 0 Å². The summed E-state index contributed by atoms with van der Waals surface area (Å²) < 4.78 is 67.0. The van der Waals surface area contributed by atoms with Crippen molar-refractivity contribution in [3.05, 3.63) is 79.0 Å². The average molecular weight is 600 g/mol. The molecule has 0 saturated carbocycles. The van der Waals surface area contributed by atoms with Gasteiger partial charge in [0.15, 0.2) is 11.8 Å². The van der Waals surface area contributed by atoms with Crippen LogP contribution < -0.4 is 18.5 Å². The molecule has 41 heavy (non-hydrogen) atoms. The van der Waals surface area contributed by atoms with Crippen LogP contribution in [0.1, 0.15) is 6.92 Å². The number of carbonyl (C=O) groups excluding carboxylic acids is 1. The molecule has 1 aromatic heterocycles. The van der Waals surface area contributed by atoms with Crippen LogP contribution in [0.25, 0.3) is 10.8 Å². The molecule has 1 heterocycles. The number of pyridine rings is 1. The number of carboxylic acid groups (broad SMARTS) is 1. The van der Waals surface area contributed by atoms with Gasteiger partial charge in [-0.3, -0.25) is 9.52 Å². The highest BCUT2D eigenvalue weighted by atomic mass is 32.2. The Morgan fingerprint density at radius 2 is 1.34 bits per heavy atom. The van der Waals surface area contributed by atoms with Crippen LogP contribution in [0, 0.1) is 0 Å². The van der Waals surface area contributed by atoms with Crippen LogP contribution in [0.2, 0.25) is 0 Å². The van der Waals surface area contributed by atoms with Gasteiger partial charge in [-0.25, -0.2) is 30.9 Å². The molecule has 3 aromatic carbocycles. The SMILES string of the molecule is COc1ccc(S(=O)(=O)Nc2ncc(N(C(C(C)=O)C(=O)O)S(=O)(=O)c3ccc(OC)cc3)c3ccccc23)cc1. The van der Waals surface area contributed by atoms with Crippen molar-refractivity contribution in [2.45, 2.75) is 22.8 Å². The molecule has 214 valence electrons. The van der Waals surface area contributed by atoms with E-state index in [4.69, 9.17) is 9.47 Å². The highest BCUT2D eigenvalue weighted by Gasteiger charge is 2.40. The Morgan fingerprint density at radius 3 is 1.83 bits per heavy atom. The van der Waals surface area contributed by atoms with Gasteiger partial charge >= 0.3 is 5.97 Å². The number of fused-ring (bicyclic) bond motifs is 1. The highest BCUT2D eigenvalue weighted by Crippen LogP contribution is 2.36. The van der Waals surface area contributed by atoms with E-state index in [1.54, 1.807) is 12.1 Å². The molecule has 2 N–H and O–H groups in total. The van der Waals surface area contributed by atoms with Gasteiger partial charge in [-0.2, -0.15) is 0 Å². The van der Waals surface area contributed by atoms with Crippen molar-refractivity contribution < 1.29 is 41.0 Å². The maximum atomic E-state index is 13.9. The van der Waals surface area contributed by atoms with Crippen LogP contribution in [-0.4, -0.2) is 58.9 Å². The molecule has 0 fully saturated rings. The third kappa shape index (κ3) is 5.78. The molecule has 0 aliphatic heterocycles. The first kappa shape index (κ1) is 29.3. The summed E-state index contributed by atoms with van der Waals surface area (Å²) in [5, 5.41) is 10.2. The van der Waals surface area contributed by atoms with Gasteiger partial charge in [0, 0.05) is 10.8 Å². The molecule has 0 aliphatic rings. The van der Waals surface area contributed by atoms with Crippen LogP contribution in [0.5, 0.6) is 11.5 Å². The summed E-state index contributed by atoms with van der Waals surface area (Å²) in [6.07, 6.45) is 1.01. The smallest absolute Gasteiger partial charge is 0.335 e. The highest BCUT2D eigenvalue weighted by molar-refractivity contribution is 7.93. The van der Waals surface area contributed by atoms with E-state index in [-0.39, 0.29) is 32.1 Å². The van der Waals surface area contributed by atoms with E-state index in [1.807, 2.05) is 0 Å². The molecule has 0 aliphatic carbocycles. The van der Waals surface area contributed by atoms with Crippen molar-refractivity contribution in [1.29, 1.82) is 0 Å². The number of nitrogens with one attached hydrogen (secondary N) is 1. The number of methoxy groups -OCH3 is 2. The van der Waals surface area contributed by atoms with E-state index >= 15 is 0 Å². The molecule has 0 bridgehead atoms. The molecule has 0 radical (unpaired) electrons. The number of aliphatic carboxylic acids is 1. The van der Waals surface area contributed by atoms with E-state index in [2.05, 4.69) is 9.71 Å². The van der Waals surface area contributed by atoms with Crippen molar-refractivity contribution in [2.75, 3.05) is 23.2 Å². The first-order chi connectivity index (χ1) is 19.4. The summed E-state index contributed by atoms with van der Waals surface area (Å²) in [6, 6.07) is 14.7. The first-order valence-electron chi connectivity index (χ1n) is 11.9. The van der Waals surface area contributed by atoms with Crippen molar-refractivity contribution in [3.63, 3.8) is 0 Å². The third-order valence-electron chi connectivity index (χ3n) is 6.08. The fourth-order valence-electron chi connectivity index (χ4n) is 4.08. The molecule has 1 atom stereocenters. The lowest BCUT2D eigenvalue weighted by molar-refractivity contribution is -0.141. The second kappa shape index (κ2) is 11.4. The summed E-state index contributed by atoms with van der Waals surface area (Å²) in [7, 11) is -5.98. The Labute approximate surface area is 236 Å². The Bertz CT molecular complexity index is 1810. The predicted octanol–water partition coefficient (Wildman–Crippen LogP) is 3.29. The number of carbonyl (C=O) groups is 2. The van der Waals surface area contributed by atoms with Gasteiger partial charge in [-0.15, -0.1) is 0 Å². The number of nitrogens with zero attached hydrogens (tertiary/aromatic N) is 2. The maximum Gasteiger partial charge on any atom is 0.335 e. The number of anilines is 2. The van der Waals surface area contributed by atoms with Gasteiger partial charge in [0.1, 0.15) is 17.3 Å². The van der Waals surface area contributed by atoms with Crippen molar-refractivity contribution in [1.82, 2.24) is 4.98 Å². The number of benzene rings is 3. The second-order valence-electron chi connectivity index (χ2n) is 8.65. The Kier molecular flexibility index (Phi) is 8.17. The molecule has 14 heteroatoms. The summed E-state index contributed by atoms with van der Waals surface area (Å²) >= 11 is 0. The normalized spacial score (nSPS) is 12.4. The van der Waals surface area contributed by atoms with E-state index in [9.17, 15) is 31.5 Å². The van der Waals surface area contributed by atoms with Gasteiger partial charge in [-0.05, 0) is 55.5 Å². The number of Topliss-reactive ketones (excluding diaryl/α,β-unsaturated/α-hetero) is 1. The lowest BCUT2D eigenvalue weighted by Crippen LogP contribution is -2.49. The largest absolute Gasteiger partial charge is 0.497 e. The monoisotopic (exact) mass is 599 g/mol. The molecular weight excluding hydrogens is 574 g/mol. The van der Waals surface area contributed by atoms with Crippen molar-refractivity contribution in [2.24, 2.45) is 0 Å². The molecule has 0 saturated heterocycles. The van der Waals surface area contributed by atoms with Gasteiger partial charge in [0.05, 0.1) is 35.9 Å². The van der Waals surface area contributed by atoms with E-state index in [0.717, 1.165) is 13.1 Å². The Balaban J connectivity index is 1.90. The maximum absolute atomic E-state index is 13.9. The summed E-state index contributed by atoms with van der Waals surface area (Å²) in [5.41, 5.74) is -0.244. The number of carboxylic acids is 1. The van der Waals surface area contributed by atoms with Gasteiger partial charge in [0.25, 0.3) is 20.0 Å². The fraction of sp³-hybridized carbons (Fsp3) is 0.148. The summed E-state index contributed by atoms with van der Waals surface area (Å²) in [6.45, 7) is 0.961. The molecular formula is C27H25N3O9S2. The standard InChI is InChI=1S/C27H25N3O9S2/c1-17(31)25(27(32)33)30(41(36,37)21-14-10-19(39-3)11-15-21)24-16-28-26(23-7-5-4-6-22(23)24)29-40(34,35)20-12-8-18(38-2)9-13-20/h4-16,25H,1-3H3,(H,28,29)(H,32,33). The first-order valence-corrected chi connectivity index (χ1v) is 14.8. The lowest BCUT2D eigenvalue weighted by Gasteiger charge is -2.29. The molecule has 0 spiro atoms. The second-order valence-corrected chi connectivity index (χ2v) is 12.1. The third-order valence-corrected chi connectivity index (χ3v) is 9.23. The van der Waals surface area contributed by atoms with Crippen molar-refractivity contribution in [3.8, 4) is 11.5 Å². The Hall–Kier alpha value is -4.69. The molecule has 12 nitrogen and oxygen atoms in total. The number of rotatable bonds is 11. The van der Waals surface area contributed by atoms with Crippen molar-refractivity contribution >= 4 is 54.1 Å². The predicted molar refractivity (Wildman–Crippen MR) is 150 cm³/mol. The fourth-order valence-corrected chi connectivity index (χ4v) is 6.74. The van der Waals surface area contributed by atoms with Gasteiger partial charge < -0.3 is 14.6 Å². The Morgan fingerprint density at radius 1 is 0.829 bits per heavy atom. The van der Waals surface area contributed by atoms with Crippen LogP contribution in [0.4, 0.5) is 11.5 Å². The van der Waals surface area contributed by atoms with Crippen LogP contribution in [0.15, 0.2) is 88.8 Å². The van der Waals surface area contributed by atoms with Crippen LogP contribution in [-0.2, 0) is 29.6 Å². The zero-order valence-corrected chi connectivity index (χ0v) is 23.6. The number of ether oxygens (including phenoxy) is 2. The van der Waals surface area contributed by atoms with E-state index in [1.165, 1.54) is 74.9 Å². The lowest BCUT2D eigenvalue weighted by atomic mass is 10.1. The quantitative estimate of drug-likeness (QED) is 0.244. The minimum atomic E-state index is -4.67. The van der Waals surface area contributed by atoms with Gasteiger partial charge in [-0.1, -0.05) is 24.3 Å². The zero-order chi connectivity index (χ0) is 29.9. The number of aromatic nitrogens is 1. The molecule has 0 amide bonds. The van der Waals surface area contributed by atoms with E-state index in [0.29, 0.717) is 15.8 Å². The summed E-state index contributed by atoms with van der Waals surface area (Å²) in [4.78, 5) is 28.6. The number of hydrogen-bond acceptors (Lipinski definition) is 9. The number of hydrogen-bond donors (Lipinski definition) is 2. The minimum Gasteiger partial charge on any atom is -0.497 e. The summed E-state index contributed by atoms with van der Waals surface area (Å²) in [5.74, 6) is -1.99. The molecule has 4 rings (SSSR count). The van der Waals surface area contributed by atoms with Gasteiger partial charge in [0.2, 0.25) is 0 Å². The topological polar surface area (TPSA) is 169 Å². The minimum absolute atomic E-state index is 0.0838. The molecule has 1 unspecified atom stereocenters.